The second kappa shape index (κ2) is 6.05. The Morgan fingerprint density at radius 1 is 1.33 bits per heavy atom. The molecule has 3 rings (SSSR count). The number of likely N-dealkylation sites (N-methyl/N-ethyl adjacent to an activating group) is 1. The highest BCUT2D eigenvalue weighted by molar-refractivity contribution is 5.30. The summed E-state index contributed by atoms with van der Waals surface area (Å²) in [6, 6.07) is 5.17. The Kier molecular flexibility index (Phi) is 4.32. The number of halogens is 1. The summed E-state index contributed by atoms with van der Waals surface area (Å²) in [5.74, 6) is 2.55. The van der Waals surface area contributed by atoms with Gasteiger partial charge in [0.2, 0.25) is 0 Å². The lowest BCUT2D eigenvalue weighted by molar-refractivity contribution is 0.175. The van der Waals surface area contributed by atoms with Crippen molar-refractivity contribution in [1.29, 1.82) is 0 Å². The summed E-state index contributed by atoms with van der Waals surface area (Å²) in [6.07, 6.45) is 5.67. The van der Waals surface area contributed by atoms with Crippen LogP contribution < -0.4 is 5.73 Å². The fourth-order valence-electron chi connectivity index (χ4n) is 4.61. The summed E-state index contributed by atoms with van der Waals surface area (Å²) in [6.45, 7) is 3.68. The molecule has 2 N–H and O–H groups in total. The van der Waals surface area contributed by atoms with Gasteiger partial charge in [0.1, 0.15) is 5.82 Å². The molecule has 0 aromatic heterocycles. The lowest BCUT2D eigenvalue weighted by Crippen LogP contribution is -2.36. The minimum Gasteiger partial charge on any atom is -0.329 e. The second-order valence-electron chi connectivity index (χ2n) is 7.13. The number of rotatable bonds is 5. The van der Waals surface area contributed by atoms with Crippen LogP contribution in [0.3, 0.4) is 0 Å². The largest absolute Gasteiger partial charge is 0.329 e. The molecule has 0 saturated heterocycles. The third kappa shape index (κ3) is 3.00. The Balaban J connectivity index is 1.71. The molecular weight excluding hydrogens is 263 g/mol. The van der Waals surface area contributed by atoms with E-state index in [-0.39, 0.29) is 11.9 Å². The third-order valence-electron chi connectivity index (χ3n) is 5.76. The number of hydrogen-bond donors (Lipinski definition) is 1. The smallest absolute Gasteiger partial charge is 0.123 e. The van der Waals surface area contributed by atoms with Crippen LogP contribution in [0.5, 0.6) is 0 Å². The van der Waals surface area contributed by atoms with Gasteiger partial charge >= 0.3 is 0 Å². The molecule has 0 heterocycles. The van der Waals surface area contributed by atoms with Crippen LogP contribution in [0, 0.1) is 30.5 Å². The topological polar surface area (TPSA) is 29.3 Å². The molecule has 2 aliphatic carbocycles. The maximum absolute atomic E-state index is 13.6. The van der Waals surface area contributed by atoms with Gasteiger partial charge in [-0.3, -0.25) is 4.90 Å². The van der Waals surface area contributed by atoms with Gasteiger partial charge in [-0.25, -0.2) is 4.39 Å². The van der Waals surface area contributed by atoms with E-state index in [1.54, 1.807) is 6.07 Å². The molecule has 0 radical (unpaired) electrons. The summed E-state index contributed by atoms with van der Waals surface area (Å²) in [5, 5.41) is 0. The Bertz CT molecular complexity index is 502. The number of hydrogen-bond acceptors (Lipinski definition) is 2. The summed E-state index contributed by atoms with van der Waals surface area (Å²) >= 11 is 0. The molecule has 0 spiro atoms. The zero-order chi connectivity index (χ0) is 15.0. The van der Waals surface area contributed by atoms with Gasteiger partial charge in [0, 0.05) is 19.1 Å². The Hall–Kier alpha value is -0.930. The van der Waals surface area contributed by atoms with E-state index in [0.29, 0.717) is 6.54 Å². The van der Waals surface area contributed by atoms with Crippen LogP contribution >= 0.6 is 0 Å². The SMILES string of the molecule is Cc1ccc(F)cc1C(CN)N(C)CC1CC2CCC1C2. The van der Waals surface area contributed by atoms with E-state index in [9.17, 15) is 4.39 Å². The number of nitrogens with zero attached hydrogens (tertiary/aromatic N) is 1. The molecule has 116 valence electrons. The van der Waals surface area contributed by atoms with Crippen LogP contribution in [0.25, 0.3) is 0 Å². The Labute approximate surface area is 127 Å². The molecule has 2 nitrogen and oxygen atoms in total. The number of nitrogens with two attached hydrogens (primary N) is 1. The van der Waals surface area contributed by atoms with Crippen LogP contribution in [0.2, 0.25) is 0 Å². The highest BCUT2D eigenvalue weighted by Gasteiger charge is 2.40. The zero-order valence-electron chi connectivity index (χ0n) is 13.2. The molecule has 0 aliphatic heterocycles. The van der Waals surface area contributed by atoms with Crippen molar-refractivity contribution < 1.29 is 4.39 Å². The van der Waals surface area contributed by atoms with Gasteiger partial charge in [-0.2, -0.15) is 0 Å². The molecule has 2 saturated carbocycles. The summed E-state index contributed by atoms with van der Waals surface area (Å²) in [5.41, 5.74) is 8.19. The molecule has 2 aliphatic rings. The molecule has 3 heteroatoms. The molecule has 1 aromatic rings. The molecule has 4 atom stereocenters. The lowest BCUT2D eigenvalue weighted by Gasteiger charge is -2.33. The van der Waals surface area contributed by atoms with Crippen LogP contribution in [0.1, 0.15) is 42.9 Å². The van der Waals surface area contributed by atoms with E-state index in [1.807, 2.05) is 13.0 Å². The Morgan fingerprint density at radius 2 is 2.14 bits per heavy atom. The molecule has 21 heavy (non-hydrogen) atoms. The normalized spacial score (nSPS) is 29.3. The van der Waals surface area contributed by atoms with E-state index in [4.69, 9.17) is 5.73 Å². The monoisotopic (exact) mass is 290 g/mol. The predicted molar refractivity (Wildman–Crippen MR) is 84.5 cm³/mol. The third-order valence-corrected chi connectivity index (χ3v) is 5.76. The average molecular weight is 290 g/mol. The van der Waals surface area contributed by atoms with Crippen molar-refractivity contribution >= 4 is 0 Å². The van der Waals surface area contributed by atoms with Crippen molar-refractivity contribution in [3.63, 3.8) is 0 Å². The molecule has 1 aromatic carbocycles. The van der Waals surface area contributed by atoms with E-state index < -0.39 is 0 Å². The lowest BCUT2D eigenvalue weighted by atomic mass is 9.88. The quantitative estimate of drug-likeness (QED) is 0.899. The summed E-state index contributed by atoms with van der Waals surface area (Å²) < 4.78 is 13.6. The first kappa shape index (κ1) is 15.0. The minimum atomic E-state index is -0.164. The van der Waals surface area contributed by atoms with Gasteiger partial charge in [-0.15, -0.1) is 0 Å². The Morgan fingerprint density at radius 3 is 2.76 bits per heavy atom. The van der Waals surface area contributed by atoms with Gasteiger partial charge in [0.15, 0.2) is 0 Å². The van der Waals surface area contributed by atoms with Crippen LogP contribution in [0.4, 0.5) is 4.39 Å². The molecular formula is C18H27FN2. The minimum absolute atomic E-state index is 0.125. The summed E-state index contributed by atoms with van der Waals surface area (Å²) in [7, 11) is 2.15. The fourth-order valence-corrected chi connectivity index (χ4v) is 4.61. The van der Waals surface area contributed by atoms with E-state index in [0.717, 1.165) is 35.4 Å². The van der Waals surface area contributed by atoms with Gasteiger partial charge in [0.25, 0.3) is 0 Å². The fraction of sp³-hybridized carbons (Fsp3) is 0.667. The first-order valence-electron chi connectivity index (χ1n) is 8.24. The number of benzene rings is 1. The van der Waals surface area contributed by atoms with Gasteiger partial charge in [-0.1, -0.05) is 12.5 Å². The molecule has 2 bridgehead atoms. The highest BCUT2D eigenvalue weighted by Crippen LogP contribution is 2.48. The summed E-state index contributed by atoms with van der Waals surface area (Å²) in [4.78, 5) is 2.35. The average Bonchev–Trinajstić information content (AvgIpc) is 3.06. The maximum atomic E-state index is 13.6. The van der Waals surface area contributed by atoms with Crippen molar-refractivity contribution in [2.45, 2.75) is 38.6 Å². The van der Waals surface area contributed by atoms with Gasteiger partial charge < -0.3 is 5.73 Å². The van der Waals surface area contributed by atoms with E-state index >= 15 is 0 Å². The van der Waals surface area contributed by atoms with Crippen molar-refractivity contribution in [3.8, 4) is 0 Å². The van der Waals surface area contributed by atoms with Gasteiger partial charge in [0.05, 0.1) is 0 Å². The van der Waals surface area contributed by atoms with Crippen molar-refractivity contribution in [3.05, 3.63) is 35.1 Å². The first-order chi connectivity index (χ1) is 10.1. The molecule has 2 fully saturated rings. The maximum Gasteiger partial charge on any atom is 0.123 e. The predicted octanol–water partition coefficient (Wildman–Crippen LogP) is 3.50. The highest BCUT2D eigenvalue weighted by atomic mass is 19.1. The second-order valence-corrected chi connectivity index (χ2v) is 7.13. The number of aryl methyl sites for hydroxylation is 1. The van der Waals surface area contributed by atoms with Crippen LogP contribution in [-0.4, -0.2) is 25.0 Å². The van der Waals surface area contributed by atoms with E-state index in [1.165, 1.54) is 31.7 Å². The zero-order valence-corrected chi connectivity index (χ0v) is 13.2. The van der Waals surface area contributed by atoms with Crippen LogP contribution in [0.15, 0.2) is 18.2 Å². The number of fused-ring (bicyclic) bond motifs is 2. The van der Waals surface area contributed by atoms with Crippen molar-refractivity contribution in [1.82, 2.24) is 4.90 Å². The first-order valence-corrected chi connectivity index (χ1v) is 8.24. The molecule has 4 unspecified atom stereocenters. The van der Waals surface area contributed by atoms with Crippen LogP contribution in [-0.2, 0) is 0 Å². The van der Waals surface area contributed by atoms with Gasteiger partial charge in [-0.05, 0) is 74.2 Å². The standard InChI is InChI=1S/C18H27FN2/c1-12-3-6-16(19)9-17(12)18(10-20)21(2)11-15-8-13-4-5-14(15)7-13/h3,6,9,13-15,18H,4-5,7-8,10-11,20H2,1-2H3. The van der Waals surface area contributed by atoms with E-state index in [2.05, 4.69) is 11.9 Å². The van der Waals surface area contributed by atoms with Crippen molar-refractivity contribution in [2.75, 3.05) is 20.1 Å². The molecule has 0 amide bonds. The van der Waals surface area contributed by atoms with Crippen molar-refractivity contribution in [2.24, 2.45) is 23.5 Å².